The Morgan fingerprint density at radius 2 is 2.33 bits per heavy atom. The van der Waals surface area contributed by atoms with Crippen LogP contribution in [0.3, 0.4) is 0 Å². The normalized spacial score (nSPS) is 28.6. The SMILES string of the molecule is Cn1c(Cl)cnc1CNC1CCN2CCCC2C1. The molecule has 100 valence electrons. The first kappa shape index (κ1) is 12.5. The van der Waals surface area contributed by atoms with Gasteiger partial charge in [-0.05, 0) is 38.8 Å². The molecular weight excluding hydrogens is 248 g/mol. The molecule has 2 unspecified atom stereocenters. The van der Waals surface area contributed by atoms with Gasteiger partial charge in [0.2, 0.25) is 0 Å². The Bertz CT molecular complexity index is 417. The van der Waals surface area contributed by atoms with Gasteiger partial charge in [-0.3, -0.25) is 0 Å². The Kier molecular flexibility index (Phi) is 3.59. The molecule has 2 saturated heterocycles. The van der Waals surface area contributed by atoms with Gasteiger partial charge < -0.3 is 14.8 Å². The summed E-state index contributed by atoms with van der Waals surface area (Å²) in [5, 5.41) is 4.34. The summed E-state index contributed by atoms with van der Waals surface area (Å²) in [5.74, 6) is 1.02. The van der Waals surface area contributed by atoms with Crippen LogP contribution in [-0.2, 0) is 13.6 Å². The number of halogens is 1. The maximum absolute atomic E-state index is 5.99. The lowest BCUT2D eigenvalue weighted by molar-refractivity contribution is 0.166. The van der Waals surface area contributed by atoms with Gasteiger partial charge in [0.15, 0.2) is 0 Å². The summed E-state index contributed by atoms with van der Waals surface area (Å²) >= 11 is 5.99. The molecule has 4 nitrogen and oxygen atoms in total. The molecule has 0 aliphatic carbocycles. The molecule has 2 aliphatic rings. The molecule has 0 radical (unpaired) electrons. The van der Waals surface area contributed by atoms with Crippen LogP contribution in [0.4, 0.5) is 0 Å². The van der Waals surface area contributed by atoms with E-state index in [1.54, 1.807) is 6.20 Å². The number of fused-ring (bicyclic) bond motifs is 1. The summed E-state index contributed by atoms with van der Waals surface area (Å²) in [6.07, 6.45) is 7.03. The number of hydrogen-bond acceptors (Lipinski definition) is 3. The van der Waals surface area contributed by atoms with Crippen LogP contribution in [-0.4, -0.2) is 39.6 Å². The largest absolute Gasteiger partial charge is 0.321 e. The van der Waals surface area contributed by atoms with E-state index in [1.807, 2.05) is 11.6 Å². The smallest absolute Gasteiger partial charge is 0.128 e. The zero-order valence-electron chi connectivity index (χ0n) is 10.9. The van der Waals surface area contributed by atoms with Gasteiger partial charge in [-0.25, -0.2) is 4.98 Å². The zero-order chi connectivity index (χ0) is 12.5. The highest BCUT2D eigenvalue weighted by molar-refractivity contribution is 6.29. The zero-order valence-corrected chi connectivity index (χ0v) is 11.7. The predicted molar refractivity (Wildman–Crippen MR) is 72.7 cm³/mol. The molecule has 1 N–H and O–H groups in total. The fourth-order valence-corrected chi connectivity index (χ4v) is 3.38. The van der Waals surface area contributed by atoms with Crippen LogP contribution in [0.1, 0.15) is 31.5 Å². The number of imidazole rings is 1. The topological polar surface area (TPSA) is 33.1 Å². The molecule has 0 amide bonds. The van der Waals surface area contributed by atoms with Crippen LogP contribution in [0.2, 0.25) is 5.15 Å². The van der Waals surface area contributed by atoms with Crippen LogP contribution >= 0.6 is 11.6 Å². The van der Waals surface area contributed by atoms with E-state index in [-0.39, 0.29) is 0 Å². The third-order valence-corrected chi connectivity index (χ3v) is 4.75. The average molecular weight is 269 g/mol. The van der Waals surface area contributed by atoms with E-state index < -0.39 is 0 Å². The Hall–Kier alpha value is -0.580. The lowest BCUT2D eigenvalue weighted by Crippen LogP contribution is -2.45. The van der Waals surface area contributed by atoms with Crippen molar-refractivity contribution >= 4 is 11.6 Å². The third-order valence-electron chi connectivity index (χ3n) is 4.40. The standard InChI is InChI=1S/C13H21ClN4/c1-17-12(14)8-16-13(17)9-15-10-4-6-18-5-2-3-11(18)7-10/h8,10-11,15H,2-7,9H2,1H3. The first-order valence-electron chi connectivity index (χ1n) is 6.87. The van der Waals surface area contributed by atoms with Crippen LogP contribution in [0.25, 0.3) is 0 Å². The first-order valence-corrected chi connectivity index (χ1v) is 7.25. The lowest BCUT2D eigenvalue weighted by atomic mass is 9.97. The molecule has 2 aliphatic heterocycles. The van der Waals surface area contributed by atoms with Gasteiger partial charge in [0.05, 0.1) is 12.7 Å². The fraction of sp³-hybridized carbons (Fsp3) is 0.769. The first-order chi connectivity index (χ1) is 8.74. The predicted octanol–water partition coefficient (Wildman–Crippen LogP) is 1.79. The number of piperidine rings is 1. The van der Waals surface area contributed by atoms with E-state index in [0.29, 0.717) is 11.2 Å². The molecule has 3 rings (SSSR count). The Morgan fingerprint density at radius 3 is 3.11 bits per heavy atom. The van der Waals surface area contributed by atoms with Gasteiger partial charge in [-0.15, -0.1) is 0 Å². The van der Waals surface area contributed by atoms with E-state index in [2.05, 4.69) is 15.2 Å². The lowest BCUT2D eigenvalue weighted by Gasteiger charge is -2.35. The van der Waals surface area contributed by atoms with Crippen molar-refractivity contribution < 1.29 is 0 Å². The summed E-state index contributed by atoms with van der Waals surface area (Å²) in [6.45, 7) is 3.39. The number of nitrogens with zero attached hydrogens (tertiary/aromatic N) is 3. The maximum Gasteiger partial charge on any atom is 0.128 e. The molecule has 18 heavy (non-hydrogen) atoms. The second kappa shape index (κ2) is 5.19. The number of rotatable bonds is 3. The fourth-order valence-electron chi connectivity index (χ4n) is 3.23. The Morgan fingerprint density at radius 1 is 1.44 bits per heavy atom. The van der Waals surface area contributed by atoms with E-state index in [9.17, 15) is 0 Å². The van der Waals surface area contributed by atoms with Crippen molar-refractivity contribution in [3.05, 3.63) is 17.2 Å². The third kappa shape index (κ3) is 2.42. The van der Waals surface area contributed by atoms with E-state index in [4.69, 9.17) is 11.6 Å². The number of hydrogen-bond donors (Lipinski definition) is 1. The van der Waals surface area contributed by atoms with Crippen LogP contribution in [0.15, 0.2) is 6.20 Å². The minimum absolute atomic E-state index is 0.639. The highest BCUT2D eigenvalue weighted by Crippen LogP contribution is 2.26. The molecular formula is C13H21ClN4. The molecule has 0 saturated carbocycles. The van der Waals surface area contributed by atoms with Crippen molar-refractivity contribution in [1.82, 2.24) is 19.8 Å². The molecule has 5 heteroatoms. The summed E-state index contributed by atoms with van der Waals surface area (Å²) in [6, 6.07) is 1.46. The molecule has 0 bridgehead atoms. The molecule has 1 aromatic heterocycles. The van der Waals surface area contributed by atoms with Gasteiger partial charge in [0.1, 0.15) is 11.0 Å². The van der Waals surface area contributed by atoms with Crippen molar-refractivity contribution in [2.75, 3.05) is 13.1 Å². The molecule has 3 heterocycles. The van der Waals surface area contributed by atoms with Crippen LogP contribution in [0, 0.1) is 0 Å². The van der Waals surface area contributed by atoms with Crippen molar-refractivity contribution in [2.24, 2.45) is 7.05 Å². The average Bonchev–Trinajstić information content (AvgIpc) is 2.96. The number of nitrogens with one attached hydrogen (secondary N) is 1. The van der Waals surface area contributed by atoms with Crippen molar-refractivity contribution in [3.8, 4) is 0 Å². The summed E-state index contributed by atoms with van der Waals surface area (Å²) in [4.78, 5) is 6.97. The van der Waals surface area contributed by atoms with E-state index >= 15 is 0 Å². The minimum Gasteiger partial charge on any atom is -0.321 e. The molecule has 0 aromatic carbocycles. The second-order valence-electron chi connectivity index (χ2n) is 5.49. The van der Waals surface area contributed by atoms with Crippen molar-refractivity contribution in [3.63, 3.8) is 0 Å². The van der Waals surface area contributed by atoms with Crippen molar-refractivity contribution in [2.45, 2.75) is 44.3 Å². The summed E-state index contributed by atoms with van der Waals surface area (Å²) in [7, 11) is 1.96. The number of aromatic nitrogens is 2. The quantitative estimate of drug-likeness (QED) is 0.907. The molecule has 0 spiro atoms. The van der Waals surface area contributed by atoms with Gasteiger partial charge in [0.25, 0.3) is 0 Å². The summed E-state index contributed by atoms with van der Waals surface area (Å²) < 4.78 is 1.94. The molecule has 2 atom stereocenters. The van der Waals surface area contributed by atoms with Gasteiger partial charge in [-0.2, -0.15) is 0 Å². The summed E-state index contributed by atoms with van der Waals surface area (Å²) in [5.41, 5.74) is 0. The van der Waals surface area contributed by atoms with E-state index in [0.717, 1.165) is 18.4 Å². The highest BCUT2D eigenvalue weighted by atomic mass is 35.5. The maximum atomic E-state index is 5.99. The van der Waals surface area contributed by atoms with Crippen LogP contribution < -0.4 is 5.32 Å². The second-order valence-corrected chi connectivity index (χ2v) is 5.88. The van der Waals surface area contributed by atoms with Gasteiger partial charge >= 0.3 is 0 Å². The van der Waals surface area contributed by atoms with Crippen LogP contribution in [0.5, 0.6) is 0 Å². The molecule has 1 aromatic rings. The van der Waals surface area contributed by atoms with Crippen molar-refractivity contribution in [1.29, 1.82) is 0 Å². The Labute approximate surface area is 113 Å². The molecule has 2 fully saturated rings. The van der Waals surface area contributed by atoms with Gasteiger partial charge in [-0.1, -0.05) is 11.6 Å². The highest BCUT2D eigenvalue weighted by Gasteiger charge is 2.31. The Balaban J connectivity index is 1.53. The van der Waals surface area contributed by atoms with E-state index in [1.165, 1.54) is 38.8 Å². The van der Waals surface area contributed by atoms with Gasteiger partial charge in [0, 0.05) is 19.1 Å². The minimum atomic E-state index is 0.639. The monoisotopic (exact) mass is 268 g/mol.